The van der Waals surface area contributed by atoms with Crippen LogP contribution < -0.4 is 5.32 Å². The predicted octanol–water partition coefficient (Wildman–Crippen LogP) is 3.13. The zero-order valence-corrected chi connectivity index (χ0v) is 12.5. The van der Waals surface area contributed by atoms with Gasteiger partial charge in [0.25, 0.3) is 0 Å². The average molecular weight is 326 g/mol. The number of carbonyl (C=O) groups excluding carboxylic acids is 2. The van der Waals surface area contributed by atoms with Crippen LogP contribution in [0, 0.1) is 23.7 Å². The van der Waals surface area contributed by atoms with Gasteiger partial charge in [-0.1, -0.05) is 23.2 Å². The lowest BCUT2D eigenvalue weighted by atomic mass is 9.79. The van der Waals surface area contributed by atoms with Gasteiger partial charge in [0.15, 0.2) is 0 Å². The topological polar surface area (TPSA) is 55.4 Å². The van der Waals surface area contributed by atoms with E-state index in [1.54, 1.807) is 18.2 Å². The van der Waals surface area contributed by atoms with Crippen LogP contribution in [0.1, 0.15) is 12.8 Å². The van der Waals surface area contributed by atoms with Crippen LogP contribution in [0.2, 0.25) is 10.0 Å². The zero-order valence-electron chi connectivity index (χ0n) is 11.0. The van der Waals surface area contributed by atoms with Crippen molar-refractivity contribution in [1.82, 2.24) is 0 Å². The fourth-order valence-electron chi connectivity index (χ4n) is 4.16. The van der Waals surface area contributed by atoms with Gasteiger partial charge in [-0.15, -0.1) is 0 Å². The maximum atomic E-state index is 12.5. The molecule has 21 heavy (non-hydrogen) atoms. The summed E-state index contributed by atoms with van der Waals surface area (Å²) in [6, 6.07) is 4.96. The largest absolute Gasteiger partial charge is 0.462 e. The van der Waals surface area contributed by atoms with Crippen LogP contribution in [0.4, 0.5) is 5.69 Å². The van der Waals surface area contributed by atoms with Gasteiger partial charge in [-0.25, -0.2) is 0 Å². The molecule has 110 valence electrons. The Hall–Kier alpha value is -1.26. The van der Waals surface area contributed by atoms with Crippen molar-refractivity contribution in [1.29, 1.82) is 0 Å². The van der Waals surface area contributed by atoms with Gasteiger partial charge in [0.05, 0.1) is 21.9 Å². The number of esters is 1. The molecule has 1 saturated heterocycles. The van der Waals surface area contributed by atoms with Crippen molar-refractivity contribution in [2.24, 2.45) is 23.7 Å². The van der Waals surface area contributed by atoms with Crippen LogP contribution in [-0.2, 0) is 14.3 Å². The first-order valence-corrected chi connectivity index (χ1v) is 7.76. The molecule has 0 aromatic heterocycles. The normalized spacial score (nSPS) is 35.9. The molecule has 0 spiro atoms. The van der Waals surface area contributed by atoms with Gasteiger partial charge in [-0.2, -0.15) is 0 Å². The van der Waals surface area contributed by atoms with Gasteiger partial charge in [-0.3, -0.25) is 9.59 Å². The highest BCUT2D eigenvalue weighted by Gasteiger charge is 2.63. The molecule has 1 amide bonds. The molecule has 5 atom stereocenters. The summed E-state index contributed by atoms with van der Waals surface area (Å²) in [6.45, 7) is 0. The molecule has 1 heterocycles. The lowest BCUT2D eigenvalue weighted by Gasteiger charge is -2.23. The van der Waals surface area contributed by atoms with Crippen LogP contribution >= 0.6 is 23.2 Å². The molecule has 1 aliphatic heterocycles. The number of rotatable bonds is 2. The minimum absolute atomic E-state index is 0.0431. The van der Waals surface area contributed by atoms with Crippen LogP contribution in [0.15, 0.2) is 18.2 Å². The summed E-state index contributed by atoms with van der Waals surface area (Å²) in [5, 5.41) is 3.68. The third kappa shape index (κ3) is 1.96. The van der Waals surface area contributed by atoms with E-state index in [9.17, 15) is 9.59 Å². The van der Waals surface area contributed by atoms with Crippen molar-refractivity contribution in [2.45, 2.75) is 18.9 Å². The number of carbonyl (C=O) groups is 2. The number of anilines is 1. The Morgan fingerprint density at radius 1 is 1.24 bits per heavy atom. The van der Waals surface area contributed by atoms with Crippen LogP contribution in [0.3, 0.4) is 0 Å². The van der Waals surface area contributed by atoms with Gasteiger partial charge in [0, 0.05) is 11.6 Å². The summed E-state index contributed by atoms with van der Waals surface area (Å²) >= 11 is 11.8. The Labute approximate surface area is 131 Å². The van der Waals surface area contributed by atoms with Crippen molar-refractivity contribution < 1.29 is 14.3 Å². The molecule has 4 rings (SSSR count). The lowest BCUT2D eigenvalue weighted by Crippen LogP contribution is -2.35. The highest BCUT2D eigenvalue weighted by molar-refractivity contribution is 6.42. The maximum absolute atomic E-state index is 12.5. The second kappa shape index (κ2) is 4.62. The van der Waals surface area contributed by atoms with E-state index in [1.807, 2.05) is 0 Å². The number of benzene rings is 1. The van der Waals surface area contributed by atoms with Crippen molar-refractivity contribution in [2.75, 3.05) is 5.32 Å². The number of halogens is 2. The molecule has 1 N–H and O–H groups in total. The van der Waals surface area contributed by atoms with Crippen molar-refractivity contribution in [3.8, 4) is 0 Å². The standard InChI is InChI=1S/C15H13Cl2NO3/c16-9-2-1-7(5-10(9)17)18-14(19)12-6-3-8-11(4-6)21-15(20)13(8)12/h1-2,5-6,8,11-13H,3-4H2,(H,18,19)/t6-,8-,11+,12-,13-/m0/s1. The van der Waals surface area contributed by atoms with E-state index in [4.69, 9.17) is 27.9 Å². The number of fused-ring (bicyclic) bond motifs is 1. The van der Waals surface area contributed by atoms with Gasteiger partial charge < -0.3 is 10.1 Å². The molecule has 0 unspecified atom stereocenters. The number of amides is 1. The van der Waals surface area contributed by atoms with E-state index in [0.29, 0.717) is 15.7 Å². The average Bonchev–Trinajstić information content (AvgIpc) is 3.04. The third-order valence-corrected chi connectivity index (χ3v) is 5.71. The lowest BCUT2D eigenvalue weighted by molar-refractivity contribution is -0.145. The van der Waals surface area contributed by atoms with Gasteiger partial charge >= 0.3 is 5.97 Å². The van der Waals surface area contributed by atoms with E-state index >= 15 is 0 Å². The summed E-state index contributed by atoms with van der Waals surface area (Å²) in [4.78, 5) is 24.5. The molecule has 3 fully saturated rings. The van der Waals surface area contributed by atoms with Crippen LogP contribution in [0.5, 0.6) is 0 Å². The first kappa shape index (κ1) is 13.4. The molecule has 6 heteroatoms. The molecule has 0 radical (unpaired) electrons. The SMILES string of the molecule is O=C(Nc1ccc(Cl)c(Cl)c1)[C@H]1[C@H]2C[C@@H]3[C@@H]1C(=O)O[C@@H]3C2. The summed E-state index contributed by atoms with van der Waals surface area (Å²) in [5.74, 6) is -0.402. The quantitative estimate of drug-likeness (QED) is 0.850. The smallest absolute Gasteiger partial charge is 0.310 e. The maximum Gasteiger partial charge on any atom is 0.310 e. The fraction of sp³-hybridized carbons (Fsp3) is 0.467. The molecule has 2 saturated carbocycles. The van der Waals surface area contributed by atoms with Gasteiger partial charge in [0.2, 0.25) is 5.91 Å². The zero-order chi connectivity index (χ0) is 14.7. The monoisotopic (exact) mass is 325 g/mol. The van der Waals surface area contributed by atoms with E-state index in [0.717, 1.165) is 12.8 Å². The second-order valence-corrected chi connectivity index (χ2v) is 6.85. The molecular formula is C15H13Cl2NO3. The molecule has 2 bridgehead atoms. The van der Waals surface area contributed by atoms with E-state index in [2.05, 4.69) is 5.32 Å². The molecule has 3 aliphatic rings. The Morgan fingerprint density at radius 3 is 2.81 bits per heavy atom. The number of ether oxygens (including phenoxy) is 1. The van der Waals surface area contributed by atoms with E-state index < -0.39 is 0 Å². The molecule has 2 aliphatic carbocycles. The van der Waals surface area contributed by atoms with Crippen molar-refractivity contribution in [3.63, 3.8) is 0 Å². The Balaban J connectivity index is 1.55. The first-order valence-electron chi connectivity index (χ1n) is 7.01. The molecule has 1 aromatic carbocycles. The Kier molecular flexibility index (Phi) is 2.95. The number of nitrogens with one attached hydrogen (secondary N) is 1. The highest BCUT2D eigenvalue weighted by atomic mass is 35.5. The van der Waals surface area contributed by atoms with Crippen LogP contribution in [-0.4, -0.2) is 18.0 Å². The minimum atomic E-state index is -0.282. The van der Waals surface area contributed by atoms with Gasteiger partial charge in [-0.05, 0) is 37.0 Å². The van der Waals surface area contributed by atoms with E-state index in [1.165, 1.54) is 0 Å². The number of hydrogen-bond acceptors (Lipinski definition) is 3. The summed E-state index contributed by atoms with van der Waals surface area (Å²) in [5.41, 5.74) is 0.597. The summed E-state index contributed by atoms with van der Waals surface area (Å²) in [7, 11) is 0. The Bertz CT molecular complexity index is 646. The molecular weight excluding hydrogens is 313 g/mol. The van der Waals surface area contributed by atoms with Crippen molar-refractivity contribution in [3.05, 3.63) is 28.2 Å². The summed E-state index contributed by atoms with van der Waals surface area (Å²) in [6.07, 6.45) is 1.77. The van der Waals surface area contributed by atoms with Crippen LogP contribution in [0.25, 0.3) is 0 Å². The van der Waals surface area contributed by atoms with E-state index in [-0.39, 0.29) is 41.7 Å². The number of hydrogen-bond donors (Lipinski definition) is 1. The fourth-order valence-corrected chi connectivity index (χ4v) is 4.46. The molecule has 4 nitrogen and oxygen atoms in total. The molecule has 1 aromatic rings. The second-order valence-electron chi connectivity index (χ2n) is 6.04. The Morgan fingerprint density at radius 2 is 2.05 bits per heavy atom. The van der Waals surface area contributed by atoms with Crippen molar-refractivity contribution >= 4 is 40.8 Å². The first-order chi connectivity index (χ1) is 10.0. The third-order valence-electron chi connectivity index (χ3n) is 4.97. The highest BCUT2D eigenvalue weighted by Crippen LogP contribution is 2.57. The van der Waals surface area contributed by atoms with Gasteiger partial charge in [0.1, 0.15) is 6.10 Å². The summed E-state index contributed by atoms with van der Waals surface area (Å²) < 4.78 is 5.35. The predicted molar refractivity (Wildman–Crippen MR) is 78.2 cm³/mol. The minimum Gasteiger partial charge on any atom is -0.462 e.